The topological polar surface area (TPSA) is 43.3 Å². The third-order valence-corrected chi connectivity index (χ3v) is 4.46. The number of nitrogens with zero attached hydrogens (tertiary/aromatic N) is 1. The van der Waals surface area contributed by atoms with Crippen molar-refractivity contribution in [1.29, 1.82) is 0 Å². The summed E-state index contributed by atoms with van der Waals surface area (Å²) in [6.45, 7) is 5.18. The first-order valence-electron chi connectivity index (χ1n) is 8.72. The van der Waals surface area contributed by atoms with Crippen LogP contribution in [0.3, 0.4) is 0 Å². The first-order valence-corrected chi connectivity index (χ1v) is 8.72. The monoisotopic (exact) mass is 306 g/mol. The van der Waals surface area contributed by atoms with E-state index in [1.54, 1.807) is 7.11 Å². The van der Waals surface area contributed by atoms with Gasteiger partial charge in [0.25, 0.3) is 5.56 Å². The van der Waals surface area contributed by atoms with Gasteiger partial charge in [-0.3, -0.25) is 4.79 Å². The minimum absolute atomic E-state index is 0.210. The number of aryl methyl sites for hydroxylation is 1. The lowest BCUT2D eigenvalue weighted by molar-refractivity contribution is 0.199. The number of nitrogens with one attached hydrogen (secondary N) is 1. The average Bonchev–Trinajstić information content (AvgIpc) is 2.54. The van der Waals surface area contributed by atoms with Crippen LogP contribution in [0.1, 0.15) is 55.8 Å². The fourth-order valence-corrected chi connectivity index (χ4v) is 3.22. The summed E-state index contributed by atoms with van der Waals surface area (Å²) in [7, 11) is 1.70. The first-order chi connectivity index (χ1) is 10.8. The zero-order chi connectivity index (χ0) is 15.8. The Bertz CT molecular complexity index is 523. The second-order valence-corrected chi connectivity index (χ2v) is 6.18. The van der Waals surface area contributed by atoms with E-state index < -0.39 is 0 Å². The van der Waals surface area contributed by atoms with Crippen LogP contribution >= 0.6 is 0 Å². The van der Waals surface area contributed by atoms with Crippen molar-refractivity contribution in [2.24, 2.45) is 0 Å². The Kier molecular flexibility index (Phi) is 7.13. The van der Waals surface area contributed by atoms with Gasteiger partial charge in [-0.1, -0.05) is 19.8 Å². The van der Waals surface area contributed by atoms with Crippen molar-refractivity contribution >= 4 is 0 Å². The van der Waals surface area contributed by atoms with Crippen LogP contribution in [0.2, 0.25) is 0 Å². The van der Waals surface area contributed by atoms with Gasteiger partial charge in [0, 0.05) is 38.0 Å². The molecule has 1 heterocycles. The van der Waals surface area contributed by atoms with Crippen molar-refractivity contribution in [3.8, 4) is 0 Å². The number of hydrogen-bond acceptors (Lipinski definition) is 3. The standard InChI is InChI=1S/C18H30N2O2/c1-3-4-7-11-20-17-9-6-5-8-15(17)13-16(18(20)21)14-19-10-12-22-2/h13,19H,3-12,14H2,1-2H3. The molecule has 1 aliphatic rings. The van der Waals surface area contributed by atoms with E-state index in [0.29, 0.717) is 13.2 Å². The van der Waals surface area contributed by atoms with Crippen molar-refractivity contribution in [1.82, 2.24) is 9.88 Å². The van der Waals surface area contributed by atoms with Crippen LogP contribution in [0.25, 0.3) is 0 Å². The highest BCUT2D eigenvalue weighted by Crippen LogP contribution is 2.21. The molecule has 4 heteroatoms. The predicted octanol–water partition coefficient (Wildman–Crippen LogP) is 2.65. The molecule has 22 heavy (non-hydrogen) atoms. The summed E-state index contributed by atoms with van der Waals surface area (Å²) in [5.41, 5.74) is 3.81. The summed E-state index contributed by atoms with van der Waals surface area (Å²) >= 11 is 0. The minimum Gasteiger partial charge on any atom is -0.383 e. The van der Waals surface area contributed by atoms with Crippen LogP contribution in [-0.2, 0) is 30.7 Å². The molecule has 1 N–H and O–H groups in total. The Labute approximate surface area is 133 Å². The molecule has 0 saturated carbocycles. The Morgan fingerprint density at radius 3 is 2.86 bits per heavy atom. The molecular formula is C18H30N2O2. The van der Waals surface area contributed by atoms with E-state index in [2.05, 4.69) is 22.9 Å². The van der Waals surface area contributed by atoms with Gasteiger partial charge in [-0.05, 0) is 43.7 Å². The van der Waals surface area contributed by atoms with Gasteiger partial charge in [-0.15, -0.1) is 0 Å². The fourth-order valence-electron chi connectivity index (χ4n) is 3.22. The summed E-state index contributed by atoms with van der Waals surface area (Å²) in [4.78, 5) is 12.8. The Morgan fingerprint density at radius 2 is 2.09 bits per heavy atom. The van der Waals surface area contributed by atoms with Gasteiger partial charge in [-0.2, -0.15) is 0 Å². The number of unbranched alkanes of at least 4 members (excludes halogenated alkanes) is 2. The summed E-state index contributed by atoms with van der Waals surface area (Å²) in [6, 6.07) is 2.15. The molecule has 0 saturated heterocycles. The molecule has 1 aromatic heterocycles. The highest BCUT2D eigenvalue weighted by Gasteiger charge is 2.17. The summed E-state index contributed by atoms with van der Waals surface area (Å²) in [5.74, 6) is 0. The number of methoxy groups -OCH3 is 1. The lowest BCUT2D eigenvalue weighted by atomic mass is 9.94. The quantitative estimate of drug-likeness (QED) is 0.713. The molecule has 0 fully saturated rings. The molecule has 0 bridgehead atoms. The molecule has 1 aliphatic carbocycles. The Hall–Kier alpha value is -1.13. The lowest BCUT2D eigenvalue weighted by Crippen LogP contribution is -2.32. The maximum absolute atomic E-state index is 12.8. The van der Waals surface area contributed by atoms with Gasteiger partial charge in [0.05, 0.1) is 6.61 Å². The Morgan fingerprint density at radius 1 is 1.27 bits per heavy atom. The van der Waals surface area contributed by atoms with E-state index in [9.17, 15) is 4.79 Å². The van der Waals surface area contributed by atoms with E-state index in [4.69, 9.17) is 4.74 Å². The van der Waals surface area contributed by atoms with Crippen LogP contribution in [0, 0.1) is 0 Å². The molecule has 1 aromatic rings. The number of hydrogen-bond donors (Lipinski definition) is 1. The smallest absolute Gasteiger partial charge is 0.255 e. The number of aromatic nitrogens is 1. The normalized spacial score (nSPS) is 14.1. The predicted molar refractivity (Wildman–Crippen MR) is 90.5 cm³/mol. The van der Waals surface area contributed by atoms with Gasteiger partial charge in [0.1, 0.15) is 0 Å². The molecule has 124 valence electrons. The molecule has 2 rings (SSSR count). The van der Waals surface area contributed by atoms with Gasteiger partial charge in [-0.25, -0.2) is 0 Å². The van der Waals surface area contributed by atoms with Crippen LogP contribution in [0.15, 0.2) is 10.9 Å². The summed E-state index contributed by atoms with van der Waals surface area (Å²) < 4.78 is 7.11. The second-order valence-electron chi connectivity index (χ2n) is 6.18. The van der Waals surface area contributed by atoms with Gasteiger partial charge >= 0.3 is 0 Å². The highest BCUT2D eigenvalue weighted by atomic mass is 16.5. The van der Waals surface area contributed by atoms with Crippen molar-refractivity contribution < 1.29 is 4.74 Å². The number of ether oxygens (including phenoxy) is 1. The van der Waals surface area contributed by atoms with Gasteiger partial charge in [0.2, 0.25) is 0 Å². The molecule has 0 atom stereocenters. The van der Waals surface area contributed by atoms with Crippen LogP contribution < -0.4 is 10.9 Å². The largest absolute Gasteiger partial charge is 0.383 e. The van der Waals surface area contributed by atoms with E-state index >= 15 is 0 Å². The van der Waals surface area contributed by atoms with Gasteiger partial charge < -0.3 is 14.6 Å². The minimum atomic E-state index is 0.210. The molecule has 0 spiro atoms. The molecule has 0 amide bonds. The van der Waals surface area contributed by atoms with Crippen molar-refractivity contribution in [2.75, 3.05) is 20.3 Å². The van der Waals surface area contributed by atoms with Crippen molar-refractivity contribution in [2.45, 2.75) is 65.0 Å². The maximum Gasteiger partial charge on any atom is 0.255 e. The first kappa shape index (κ1) is 17.2. The van der Waals surface area contributed by atoms with E-state index in [-0.39, 0.29) is 5.56 Å². The van der Waals surface area contributed by atoms with Crippen molar-refractivity contribution in [3.63, 3.8) is 0 Å². The van der Waals surface area contributed by atoms with E-state index in [1.165, 1.54) is 36.9 Å². The summed E-state index contributed by atoms with van der Waals surface area (Å²) in [6.07, 6.45) is 8.13. The van der Waals surface area contributed by atoms with Crippen LogP contribution in [0.5, 0.6) is 0 Å². The second kappa shape index (κ2) is 9.11. The van der Waals surface area contributed by atoms with E-state index in [1.807, 2.05) is 0 Å². The van der Waals surface area contributed by atoms with Crippen LogP contribution in [0.4, 0.5) is 0 Å². The molecular weight excluding hydrogens is 276 g/mol. The molecule has 0 unspecified atom stereocenters. The molecule has 0 radical (unpaired) electrons. The number of pyridine rings is 1. The van der Waals surface area contributed by atoms with E-state index in [0.717, 1.165) is 37.9 Å². The van der Waals surface area contributed by atoms with Crippen LogP contribution in [-0.4, -0.2) is 24.8 Å². The molecule has 4 nitrogen and oxygen atoms in total. The number of rotatable bonds is 9. The third kappa shape index (κ3) is 4.43. The van der Waals surface area contributed by atoms with Crippen molar-refractivity contribution in [3.05, 3.63) is 33.2 Å². The highest BCUT2D eigenvalue weighted by molar-refractivity contribution is 5.29. The molecule has 0 aliphatic heterocycles. The fraction of sp³-hybridized carbons (Fsp3) is 0.722. The summed E-state index contributed by atoms with van der Waals surface area (Å²) in [5, 5.41) is 3.31. The average molecular weight is 306 g/mol. The third-order valence-electron chi connectivity index (χ3n) is 4.46. The zero-order valence-corrected chi connectivity index (χ0v) is 14.1. The van der Waals surface area contributed by atoms with Gasteiger partial charge in [0.15, 0.2) is 0 Å². The number of fused-ring (bicyclic) bond motifs is 1. The maximum atomic E-state index is 12.8. The SMILES string of the molecule is CCCCCn1c2c(cc(CNCCOC)c1=O)CCCC2. The lowest BCUT2D eigenvalue weighted by Gasteiger charge is -2.22. The Balaban J connectivity index is 2.18. The molecule has 0 aromatic carbocycles. The zero-order valence-electron chi connectivity index (χ0n) is 14.1.